The highest BCUT2D eigenvalue weighted by atomic mass is 32.1. The van der Waals surface area contributed by atoms with E-state index >= 15 is 0 Å². The van der Waals surface area contributed by atoms with E-state index in [4.69, 9.17) is 0 Å². The van der Waals surface area contributed by atoms with Crippen molar-refractivity contribution in [3.8, 4) is 0 Å². The Hall–Kier alpha value is -0.980. The smallest absolute Gasteiger partial charge is 0.265 e. The number of β-amino-alcohol motifs (C(OH)–C–C–N with tert-alkyl or cyclic N) is 1. The van der Waals surface area contributed by atoms with E-state index in [0.29, 0.717) is 30.9 Å². The van der Waals surface area contributed by atoms with Gasteiger partial charge < -0.3 is 14.9 Å². The van der Waals surface area contributed by atoms with Crippen LogP contribution in [0.1, 0.15) is 26.8 Å². The molecular formula is C13H21N3O2S. The molecule has 5 nitrogen and oxygen atoms in total. The number of rotatable bonds is 3. The van der Waals surface area contributed by atoms with Crippen LogP contribution in [0.2, 0.25) is 0 Å². The summed E-state index contributed by atoms with van der Waals surface area (Å²) in [4.78, 5) is 21.1. The van der Waals surface area contributed by atoms with Crippen molar-refractivity contribution in [2.24, 2.45) is 0 Å². The molecule has 1 aromatic rings. The number of amides is 1. The van der Waals surface area contributed by atoms with Crippen molar-refractivity contribution in [2.75, 3.05) is 33.7 Å². The largest absolute Gasteiger partial charge is 0.387 e. The highest BCUT2D eigenvalue weighted by Gasteiger charge is 2.39. The first-order chi connectivity index (χ1) is 8.81. The first kappa shape index (κ1) is 14.4. The number of aliphatic hydroxyl groups is 1. The van der Waals surface area contributed by atoms with Gasteiger partial charge in [0, 0.05) is 13.1 Å². The van der Waals surface area contributed by atoms with Gasteiger partial charge in [-0.05, 0) is 34.4 Å². The van der Waals surface area contributed by atoms with E-state index in [0.717, 1.165) is 10.7 Å². The molecule has 2 heterocycles. The maximum Gasteiger partial charge on any atom is 0.265 e. The van der Waals surface area contributed by atoms with Gasteiger partial charge in [0.2, 0.25) is 0 Å². The number of nitrogens with zero attached hydrogens (tertiary/aromatic N) is 3. The molecule has 1 aliphatic heterocycles. The SMILES string of the molecule is Cc1nc(C)c(C(=O)N2CC[C@](O)(CN(C)C)C2)s1. The lowest BCUT2D eigenvalue weighted by Crippen LogP contribution is -2.43. The molecule has 0 saturated carbocycles. The van der Waals surface area contributed by atoms with Crippen molar-refractivity contribution in [3.63, 3.8) is 0 Å². The van der Waals surface area contributed by atoms with Crippen molar-refractivity contribution in [1.29, 1.82) is 0 Å². The number of carbonyl (C=O) groups is 1. The van der Waals surface area contributed by atoms with Crippen LogP contribution in [-0.2, 0) is 0 Å². The number of thiazole rings is 1. The number of aryl methyl sites for hydroxylation is 2. The van der Waals surface area contributed by atoms with Crippen LogP contribution in [0, 0.1) is 13.8 Å². The fourth-order valence-electron chi connectivity index (χ4n) is 2.62. The predicted molar refractivity (Wildman–Crippen MR) is 75.6 cm³/mol. The molecule has 19 heavy (non-hydrogen) atoms. The normalized spacial score (nSPS) is 23.4. The fourth-order valence-corrected chi connectivity index (χ4v) is 3.51. The standard InChI is InChI=1S/C13H21N3O2S/c1-9-11(19-10(2)14-9)12(17)16-6-5-13(18,8-16)7-15(3)4/h18H,5-8H2,1-4H3/t13-/m0/s1. The van der Waals surface area contributed by atoms with Gasteiger partial charge in [-0.25, -0.2) is 4.98 Å². The number of likely N-dealkylation sites (N-methyl/N-ethyl adjacent to an activating group) is 1. The lowest BCUT2D eigenvalue weighted by Gasteiger charge is -2.26. The number of hydrogen-bond acceptors (Lipinski definition) is 5. The summed E-state index contributed by atoms with van der Waals surface area (Å²) in [7, 11) is 3.86. The van der Waals surface area contributed by atoms with Crippen molar-refractivity contribution < 1.29 is 9.90 Å². The van der Waals surface area contributed by atoms with Crippen LogP contribution >= 0.6 is 11.3 Å². The summed E-state index contributed by atoms with van der Waals surface area (Å²) < 4.78 is 0. The predicted octanol–water partition coefficient (Wildman–Crippen LogP) is 0.899. The molecule has 1 saturated heterocycles. The maximum atomic E-state index is 12.4. The van der Waals surface area contributed by atoms with Gasteiger partial charge in [0.25, 0.3) is 5.91 Å². The Bertz CT molecular complexity index is 486. The van der Waals surface area contributed by atoms with Gasteiger partial charge in [-0.15, -0.1) is 11.3 Å². The monoisotopic (exact) mass is 283 g/mol. The van der Waals surface area contributed by atoms with Gasteiger partial charge in [0.05, 0.1) is 22.8 Å². The Morgan fingerprint density at radius 3 is 2.74 bits per heavy atom. The van der Waals surface area contributed by atoms with Crippen LogP contribution in [0.5, 0.6) is 0 Å². The van der Waals surface area contributed by atoms with E-state index in [1.165, 1.54) is 11.3 Å². The minimum absolute atomic E-state index is 0.00205. The van der Waals surface area contributed by atoms with Crippen LogP contribution in [0.3, 0.4) is 0 Å². The molecule has 2 rings (SSSR count). The number of hydrogen-bond donors (Lipinski definition) is 1. The molecule has 1 N–H and O–H groups in total. The Morgan fingerprint density at radius 2 is 2.21 bits per heavy atom. The molecule has 1 fully saturated rings. The molecule has 0 unspecified atom stereocenters. The molecule has 0 bridgehead atoms. The minimum atomic E-state index is -0.785. The van der Waals surface area contributed by atoms with E-state index in [-0.39, 0.29) is 5.91 Å². The average Bonchev–Trinajstić information content (AvgIpc) is 2.80. The highest BCUT2D eigenvalue weighted by Crippen LogP contribution is 2.26. The Labute approximate surface area is 117 Å². The molecule has 0 spiro atoms. The van der Waals surface area contributed by atoms with Crippen molar-refractivity contribution in [1.82, 2.24) is 14.8 Å². The fraction of sp³-hybridized carbons (Fsp3) is 0.692. The van der Waals surface area contributed by atoms with E-state index < -0.39 is 5.60 Å². The van der Waals surface area contributed by atoms with E-state index in [1.807, 2.05) is 32.8 Å². The van der Waals surface area contributed by atoms with Crippen LogP contribution in [0.25, 0.3) is 0 Å². The van der Waals surface area contributed by atoms with Gasteiger partial charge >= 0.3 is 0 Å². The summed E-state index contributed by atoms with van der Waals surface area (Å²) in [5, 5.41) is 11.4. The second kappa shape index (κ2) is 5.19. The number of aromatic nitrogens is 1. The quantitative estimate of drug-likeness (QED) is 0.895. The maximum absolute atomic E-state index is 12.4. The molecule has 0 aliphatic carbocycles. The zero-order valence-corrected chi connectivity index (χ0v) is 12.8. The summed E-state index contributed by atoms with van der Waals surface area (Å²) in [6.07, 6.45) is 0.633. The van der Waals surface area contributed by atoms with Gasteiger partial charge in [-0.1, -0.05) is 0 Å². The Balaban J connectivity index is 2.09. The molecule has 0 radical (unpaired) electrons. The van der Waals surface area contributed by atoms with Gasteiger partial charge in [0.15, 0.2) is 0 Å². The zero-order chi connectivity index (χ0) is 14.2. The summed E-state index contributed by atoms with van der Waals surface area (Å²) in [6.45, 7) is 5.36. The van der Waals surface area contributed by atoms with Crippen LogP contribution in [0.4, 0.5) is 0 Å². The van der Waals surface area contributed by atoms with Crippen molar-refractivity contribution in [3.05, 3.63) is 15.6 Å². The topological polar surface area (TPSA) is 56.7 Å². The zero-order valence-electron chi connectivity index (χ0n) is 11.9. The molecule has 106 valence electrons. The highest BCUT2D eigenvalue weighted by molar-refractivity contribution is 7.13. The van der Waals surface area contributed by atoms with Crippen LogP contribution in [-0.4, -0.2) is 65.1 Å². The molecular weight excluding hydrogens is 262 g/mol. The van der Waals surface area contributed by atoms with Crippen molar-refractivity contribution >= 4 is 17.2 Å². The second-order valence-corrected chi connectivity index (χ2v) is 6.79. The average molecular weight is 283 g/mol. The van der Waals surface area contributed by atoms with Crippen molar-refractivity contribution in [2.45, 2.75) is 25.9 Å². The lowest BCUT2D eigenvalue weighted by atomic mass is 10.0. The van der Waals surface area contributed by atoms with E-state index in [2.05, 4.69) is 4.98 Å². The molecule has 0 aromatic carbocycles. The lowest BCUT2D eigenvalue weighted by molar-refractivity contribution is 0.0237. The number of carbonyl (C=O) groups excluding carboxylic acids is 1. The summed E-state index contributed by atoms with van der Waals surface area (Å²) in [6, 6.07) is 0. The minimum Gasteiger partial charge on any atom is -0.387 e. The first-order valence-electron chi connectivity index (χ1n) is 6.41. The van der Waals surface area contributed by atoms with Gasteiger partial charge in [-0.2, -0.15) is 0 Å². The third kappa shape index (κ3) is 3.13. The Morgan fingerprint density at radius 1 is 1.53 bits per heavy atom. The van der Waals surface area contributed by atoms with Gasteiger partial charge in [0.1, 0.15) is 4.88 Å². The molecule has 6 heteroatoms. The summed E-state index contributed by atoms with van der Waals surface area (Å²) in [5.74, 6) is -0.00205. The van der Waals surface area contributed by atoms with Crippen LogP contribution in [0.15, 0.2) is 0 Å². The molecule has 1 aliphatic rings. The van der Waals surface area contributed by atoms with Crippen LogP contribution < -0.4 is 0 Å². The Kier molecular flexibility index (Phi) is 3.94. The third-order valence-corrected chi connectivity index (χ3v) is 4.39. The molecule has 1 aromatic heterocycles. The number of likely N-dealkylation sites (tertiary alicyclic amines) is 1. The molecule has 1 amide bonds. The first-order valence-corrected chi connectivity index (χ1v) is 7.23. The summed E-state index contributed by atoms with van der Waals surface area (Å²) in [5.41, 5.74) is 0.00262. The summed E-state index contributed by atoms with van der Waals surface area (Å²) >= 11 is 1.43. The second-order valence-electron chi connectivity index (χ2n) is 5.59. The van der Waals surface area contributed by atoms with E-state index in [9.17, 15) is 9.90 Å². The van der Waals surface area contributed by atoms with Gasteiger partial charge in [-0.3, -0.25) is 4.79 Å². The third-order valence-electron chi connectivity index (χ3n) is 3.33. The molecule has 1 atom stereocenters. The van der Waals surface area contributed by atoms with E-state index in [1.54, 1.807) is 4.90 Å².